The normalized spacial score (nSPS) is 31.6. The van der Waals surface area contributed by atoms with Crippen LogP contribution in [0.15, 0.2) is 30.3 Å². The van der Waals surface area contributed by atoms with Crippen LogP contribution in [0, 0.1) is 11.8 Å². The molecule has 4 atom stereocenters. The van der Waals surface area contributed by atoms with Gasteiger partial charge in [-0.2, -0.15) is 0 Å². The first kappa shape index (κ1) is 19.1. The Morgan fingerprint density at radius 2 is 1.89 bits per heavy atom. The van der Waals surface area contributed by atoms with Crippen molar-refractivity contribution in [2.24, 2.45) is 11.8 Å². The quantitative estimate of drug-likeness (QED) is 0.752. The first-order valence-electron chi connectivity index (χ1n) is 10.4. The van der Waals surface area contributed by atoms with Crippen molar-refractivity contribution in [2.45, 2.75) is 18.9 Å². The molecular weight excluding hydrogens is 354 g/mol. The summed E-state index contributed by atoms with van der Waals surface area (Å²) in [5.41, 5.74) is 1.05. The third-order valence-corrected chi connectivity index (χ3v) is 6.88. The molecule has 4 saturated heterocycles. The summed E-state index contributed by atoms with van der Waals surface area (Å²) in [6.45, 7) is 9.70. The van der Waals surface area contributed by atoms with E-state index in [0.717, 1.165) is 29.2 Å². The van der Waals surface area contributed by atoms with Gasteiger partial charge in [-0.25, -0.2) is 0 Å². The average Bonchev–Trinajstić information content (AvgIpc) is 2.70. The highest BCUT2D eigenvalue weighted by Gasteiger charge is 2.40. The summed E-state index contributed by atoms with van der Waals surface area (Å²) in [7, 11) is 2.24. The van der Waals surface area contributed by atoms with Gasteiger partial charge in [-0.05, 0) is 62.6 Å². The molecule has 0 aromatic heterocycles. The molecule has 4 heterocycles. The number of nitrogens with zero attached hydrogens (tertiary/aromatic N) is 3. The predicted molar refractivity (Wildman–Crippen MR) is 116 cm³/mol. The maximum atomic E-state index is 5.48. The smallest absolute Gasteiger partial charge is 0.170 e. The van der Waals surface area contributed by atoms with Gasteiger partial charge in [0, 0.05) is 57.5 Å². The second kappa shape index (κ2) is 8.86. The molecule has 2 N–H and O–H groups in total. The molecule has 2 bridgehead atoms. The Bertz CT molecular complexity index is 616. The maximum absolute atomic E-state index is 5.48. The third-order valence-electron chi connectivity index (χ3n) is 6.63. The Balaban J connectivity index is 1.22. The molecule has 1 aromatic carbocycles. The van der Waals surface area contributed by atoms with E-state index in [1.165, 1.54) is 58.7 Å². The number of fused-ring (bicyclic) bond motifs is 3. The van der Waals surface area contributed by atoms with Gasteiger partial charge in [-0.1, -0.05) is 18.2 Å². The Hall–Kier alpha value is -1.21. The van der Waals surface area contributed by atoms with Crippen molar-refractivity contribution in [3.63, 3.8) is 0 Å². The molecule has 0 saturated carbocycles. The van der Waals surface area contributed by atoms with E-state index < -0.39 is 0 Å². The minimum atomic E-state index is 0.628. The van der Waals surface area contributed by atoms with E-state index in [1.807, 2.05) is 30.3 Å². The molecule has 6 heteroatoms. The zero-order chi connectivity index (χ0) is 18.6. The van der Waals surface area contributed by atoms with E-state index >= 15 is 0 Å². The minimum Gasteiger partial charge on any atom is -0.361 e. The fourth-order valence-electron chi connectivity index (χ4n) is 4.94. The number of hydrogen-bond donors (Lipinski definition) is 2. The van der Waals surface area contributed by atoms with Crippen LogP contribution in [0.1, 0.15) is 12.8 Å². The molecule has 148 valence electrons. The second-order valence-corrected chi connectivity index (χ2v) is 8.91. The molecular formula is C21H33N5S. The van der Waals surface area contributed by atoms with E-state index in [4.69, 9.17) is 12.2 Å². The summed E-state index contributed by atoms with van der Waals surface area (Å²) in [5.74, 6) is 1.74. The van der Waals surface area contributed by atoms with Crippen molar-refractivity contribution in [2.75, 3.05) is 64.7 Å². The van der Waals surface area contributed by atoms with Crippen molar-refractivity contribution in [3.05, 3.63) is 30.3 Å². The lowest BCUT2D eigenvalue weighted by molar-refractivity contribution is -0.0151. The van der Waals surface area contributed by atoms with Crippen molar-refractivity contribution < 1.29 is 0 Å². The lowest BCUT2D eigenvalue weighted by atomic mass is 9.75. The van der Waals surface area contributed by atoms with E-state index in [-0.39, 0.29) is 0 Å². The maximum Gasteiger partial charge on any atom is 0.170 e. The lowest BCUT2D eigenvalue weighted by Gasteiger charge is -2.51. The van der Waals surface area contributed by atoms with Crippen molar-refractivity contribution >= 4 is 23.0 Å². The van der Waals surface area contributed by atoms with Crippen LogP contribution < -0.4 is 10.6 Å². The van der Waals surface area contributed by atoms with Gasteiger partial charge in [0.1, 0.15) is 0 Å². The van der Waals surface area contributed by atoms with Crippen LogP contribution in [0.2, 0.25) is 0 Å². The number of piperazine rings is 1. The third kappa shape index (κ3) is 4.99. The summed E-state index contributed by atoms with van der Waals surface area (Å²) in [5, 5.41) is 7.47. The number of piperidine rings is 3. The monoisotopic (exact) mass is 387 g/mol. The average molecular weight is 388 g/mol. The number of likely N-dealkylation sites (N-methyl/N-ethyl adjacent to an activating group) is 1. The molecule has 5 rings (SSSR count). The van der Waals surface area contributed by atoms with Crippen LogP contribution in [0.4, 0.5) is 5.69 Å². The Labute approximate surface area is 169 Å². The number of hydrogen-bond acceptors (Lipinski definition) is 4. The van der Waals surface area contributed by atoms with Gasteiger partial charge in [-0.15, -0.1) is 0 Å². The number of benzene rings is 1. The first-order valence-corrected chi connectivity index (χ1v) is 10.8. The second-order valence-electron chi connectivity index (χ2n) is 8.50. The molecule has 27 heavy (non-hydrogen) atoms. The molecule has 1 unspecified atom stereocenters. The van der Waals surface area contributed by atoms with E-state index in [0.29, 0.717) is 6.04 Å². The topological polar surface area (TPSA) is 33.8 Å². The Kier molecular flexibility index (Phi) is 6.28. The van der Waals surface area contributed by atoms with Gasteiger partial charge >= 0.3 is 0 Å². The van der Waals surface area contributed by atoms with E-state index in [2.05, 4.69) is 32.4 Å². The molecule has 4 aliphatic heterocycles. The molecule has 5 nitrogen and oxygen atoms in total. The van der Waals surface area contributed by atoms with Crippen LogP contribution in [0.5, 0.6) is 0 Å². The molecule has 4 aliphatic rings. The first-order chi connectivity index (χ1) is 13.2. The highest BCUT2D eigenvalue weighted by atomic mass is 32.1. The molecule has 1 aromatic rings. The van der Waals surface area contributed by atoms with Crippen molar-refractivity contribution in [1.29, 1.82) is 0 Å². The summed E-state index contributed by atoms with van der Waals surface area (Å²) in [6, 6.07) is 10.8. The number of para-hydroxylation sites is 1. The molecule has 0 aliphatic carbocycles. The number of rotatable bonds is 5. The Morgan fingerprint density at radius 1 is 1.11 bits per heavy atom. The van der Waals surface area contributed by atoms with Crippen LogP contribution in [-0.2, 0) is 0 Å². The summed E-state index contributed by atoms with van der Waals surface area (Å²) in [6.07, 6.45) is 2.70. The van der Waals surface area contributed by atoms with Gasteiger partial charge in [0.2, 0.25) is 0 Å². The van der Waals surface area contributed by atoms with Crippen LogP contribution >= 0.6 is 12.2 Å². The van der Waals surface area contributed by atoms with Crippen LogP contribution in [-0.4, -0.2) is 85.3 Å². The fourth-order valence-corrected chi connectivity index (χ4v) is 5.14. The number of thiocarbonyl (C=S) groups is 1. The van der Waals surface area contributed by atoms with Gasteiger partial charge in [0.05, 0.1) is 0 Å². The lowest BCUT2D eigenvalue weighted by Crippen LogP contribution is -2.59. The van der Waals surface area contributed by atoms with E-state index in [1.54, 1.807) is 0 Å². The fraction of sp³-hybridized carbons (Fsp3) is 0.667. The van der Waals surface area contributed by atoms with Gasteiger partial charge in [0.25, 0.3) is 0 Å². The SMILES string of the molecule is CN1CCN(C[C@@H]2CN3CC[C@H]2C[C@@H]3CNC(=S)Nc2ccccc2)CC1. The Morgan fingerprint density at radius 3 is 2.59 bits per heavy atom. The van der Waals surface area contributed by atoms with Crippen LogP contribution in [0.3, 0.4) is 0 Å². The summed E-state index contributed by atoms with van der Waals surface area (Å²) in [4.78, 5) is 7.85. The van der Waals surface area contributed by atoms with E-state index in [9.17, 15) is 0 Å². The standard InChI is InChI=1S/C21H33N5S/c1-24-9-11-25(12-10-24)15-18-16-26-8-7-17(18)13-20(26)14-22-21(27)23-19-5-3-2-4-6-19/h2-6,17-18,20H,7-16H2,1H3,(H2,22,23,27)/t17-,18+,20+/m0/s1. The molecule has 0 spiro atoms. The highest BCUT2D eigenvalue weighted by Crippen LogP contribution is 2.36. The zero-order valence-corrected chi connectivity index (χ0v) is 17.3. The highest BCUT2D eigenvalue weighted by molar-refractivity contribution is 7.80. The zero-order valence-electron chi connectivity index (χ0n) is 16.4. The molecule has 0 radical (unpaired) electrons. The van der Waals surface area contributed by atoms with Crippen molar-refractivity contribution in [1.82, 2.24) is 20.0 Å². The minimum absolute atomic E-state index is 0.628. The van der Waals surface area contributed by atoms with Gasteiger partial charge in [0.15, 0.2) is 5.11 Å². The molecule has 4 fully saturated rings. The van der Waals surface area contributed by atoms with Crippen molar-refractivity contribution in [3.8, 4) is 0 Å². The van der Waals surface area contributed by atoms with Gasteiger partial charge < -0.3 is 20.4 Å². The predicted octanol–water partition coefficient (Wildman–Crippen LogP) is 1.93. The number of anilines is 1. The largest absolute Gasteiger partial charge is 0.361 e. The summed E-state index contributed by atoms with van der Waals surface area (Å²) >= 11 is 5.48. The molecule has 0 amide bonds. The number of nitrogens with one attached hydrogen (secondary N) is 2. The summed E-state index contributed by atoms with van der Waals surface area (Å²) < 4.78 is 0. The van der Waals surface area contributed by atoms with Crippen LogP contribution in [0.25, 0.3) is 0 Å². The van der Waals surface area contributed by atoms with Gasteiger partial charge in [-0.3, -0.25) is 4.90 Å².